The SMILES string of the molecule is CSc1ncc(COc2ccc(C(C)(C)c3cc(Cl)c(OCCCl)c(C#N)c3)cc2)o1. The number of benzene rings is 2. The molecule has 0 saturated carbocycles. The summed E-state index contributed by atoms with van der Waals surface area (Å²) in [5.41, 5.74) is 1.96. The van der Waals surface area contributed by atoms with Crippen LogP contribution in [0.15, 0.2) is 52.2 Å². The molecule has 0 unspecified atom stereocenters. The Kier molecular flexibility index (Phi) is 7.77. The van der Waals surface area contributed by atoms with Crippen LogP contribution in [0.2, 0.25) is 5.02 Å². The van der Waals surface area contributed by atoms with Crippen LogP contribution < -0.4 is 9.47 Å². The Balaban J connectivity index is 1.78. The molecule has 0 fully saturated rings. The maximum absolute atomic E-state index is 9.56. The fourth-order valence-corrected chi connectivity index (χ4v) is 3.76. The average Bonchev–Trinajstić information content (AvgIpc) is 3.24. The third kappa shape index (κ3) is 5.48. The van der Waals surface area contributed by atoms with Crippen LogP contribution in [0.3, 0.4) is 0 Å². The van der Waals surface area contributed by atoms with Crippen LogP contribution in [0.25, 0.3) is 0 Å². The van der Waals surface area contributed by atoms with Gasteiger partial charge in [-0.1, -0.05) is 49.3 Å². The number of rotatable bonds is 9. The van der Waals surface area contributed by atoms with Crippen molar-refractivity contribution in [3.63, 3.8) is 0 Å². The highest BCUT2D eigenvalue weighted by Gasteiger charge is 2.26. The van der Waals surface area contributed by atoms with Gasteiger partial charge in [0.1, 0.15) is 25.0 Å². The van der Waals surface area contributed by atoms with Gasteiger partial charge in [-0.2, -0.15) is 5.26 Å². The molecule has 1 aromatic heterocycles. The van der Waals surface area contributed by atoms with E-state index < -0.39 is 5.41 Å². The molecular formula is C23H22Cl2N2O3S. The molecule has 0 radical (unpaired) electrons. The number of hydrogen-bond acceptors (Lipinski definition) is 6. The topological polar surface area (TPSA) is 68.3 Å². The van der Waals surface area contributed by atoms with E-state index in [1.54, 1.807) is 6.20 Å². The minimum atomic E-state index is -0.392. The summed E-state index contributed by atoms with van der Waals surface area (Å²) in [4.78, 5) is 4.14. The van der Waals surface area contributed by atoms with Crippen molar-refractivity contribution in [3.8, 4) is 17.6 Å². The van der Waals surface area contributed by atoms with Crippen molar-refractivity contribution in [2.45, 2.75) is 31.1 Å². The second-order valence-corrected chi connectivity index (χ2v) is 8.76. The normalized spacial score (nSPS) is 11.2. The van der Waals surface area contributed by atoms with Gasteiger partial charge >= 0.3 is 0 Å². The van der Waals surface area contributed by atoms with E-state index in [1.807, 2.05) is 42.7 Å². The van der Waals surface area contributed by atoms with Crippen molar-refractivity contribution in [2.75, 3.05) is 18.7 Å². The average molecular weight is 477 g/mol. The summed E-state index contributed by atoms with van der Waals surface area (Å²) in [6.45, 7) is 4.74. The predicted octanol–water partition coefficient (Wildman–Crippen LogP) is 6.44. The molecule has 0 aliphatic heterocycles. The van der Waals surface area contributed by atoms with Crippen molar-refractivity contribution in [2.24, 2.45) is 0 Å². The molecule has 3 aromatic rings. The molecule has 8 heteroatoms. The number of nitriles is 1. The van der Waals surface area contributed by atoms with E-state index in [0.29, 0.717) is 39.8 Å². The van der Waals surface area contributed by atoms with Crippen molar-refractivity contribution >= 4 is 35.0 Å². The summed E-state index contributed by atoms with van der Waals surface area (Å²) < 4.78 is 16.9. The van der Waals surface area contributed by atoms with Crippen LogP contribution in [-0.4, -0.2) is 23.7 Å². The van der Waals surface area contributed by atoms with E-state index in [2.05, 4.69) is 24.9 Å². The Bertz CT molecular complexity index is 1080. The van der Waals surface area contributed by atoms with Crippen molar-refractivity contribution < 1.29 is 13.9 Å². The Morgan fingerprint density at radius 3 is 2.52 bits per heavy atom. The number of hydrogen-bond donors (Lipinski definition) is 0. The Morgan fingerprint density at radius 2 is 1.90 bits per heavy atom. The van der Waals surface area contributed by atoms with Crippen LogP contribution >= 0.6 is 35.0 Å². The van der Waals surface area contributed by atoms with Crippen molar-refractivity contribution in [3.05, 3.63) is 70.1 Å². The Hall–Kier alpha value is -2.33. The molecular weight excluding hydrogens is 455 g/mol. The first-order valence-electron chi connectivity index (χ1n) is 9.54. The zero-order valence-corrected chi connectivity index (χ0v) is 19.8. The van der Waals surface area contributed by atoms with Gasteiger partial charge in [-0.05, 0) is 41.6 Å². The fraction of sp³-hybridized carbons (Fsp3) is 0.304. The van der Waals surface area contributed by atoms with E-state index in [0.717, 1.165) is 16.9 Å². The van der Waals surface area contributed by atoms with Crippen LogP contribution in [0, 0.1) is 11.3 Å². The molecule has 5 nitrogen and oxygen atoms in total. The number of thioether (sulfide) groups is 1. The second-order valence-electron chi connectivity index (χ2n) is 7.22. The zero-order valence-electron chi connectivity index (χ0n) is 17.4. The summed E-state index contributed by atoms with van der Waals surface area (Å²) in [5.74, 6) is 2.08. The molecule has 0 spiro atoms. The molecule has 0 N–H and O–H groups in total. The number of alkyl halides is 1. The molecule has 0 bridgehead atoms. The summed E-state index contributed by atoms with van der Waals surface area (Å²) in [6.07, 6.45) is 3.57. The lowest BCUT2D eigenvalue weighted by atomic mass is 9.77. The van der Waals surface area contributed by atoms with Gasteiger partial charge in [-0.3, -0.25) is 0 Å². The van der Waals surface area contributed by atoms with E-state index in [4.69, 9.17) is 37.1 Å². The monoisotopic (exact) mass is 476 g/mol. The Morgan fingerprint density at radius 1 is 1.16 bits per heavy atom. The van der Waals surface area contributed by atoms with Gasteiger partial charge in [-0.25, -0.2) is 4.98 Å². The lowest BCUT2D eigenvalue weighted by Crippen LogP contribution is -2.19. The highest BCUT2D eigenvalue weighted by Crippen LogP contribution is 2.38. The maximum Gasteiger partial charge on any atom is 0.255 e. The summed E-state index contributed by atoms with van der Waals surface area (Å²) >= 11 is 13.6. The number of halogens is 2. The highest BCUT2D eigenvalue weighted by molar-refractivity contribution is 7.98. The highest BCUT2D eigenvalue weighted by atomic mass is 35.5. The van der Waals surface area contributed by atoms with Gasteiger partial charge in [0.2, 0.25) is 0 Å². The molecule has 0 saturated heterocycles. The van der Waals surface area contributed by atoms with Crippen molar-refractivity contribution in [1.29, 1.82) is 5.26 Å². The van der Waals surface area contributed by atoms with Crippen LogP contribution in [0.1, 0.15) is 36.3 Å². The van der Waals surface area contributed by atoms with Gasteiger partial charge < -0.3 is 13.9 Å². The molecule has 2 aromatic carbocycles. The van der Waals surface area contributed by atoms with Crippen molar-refractivity contribution in [1.82, 2.24) is 4.98 Å². The van der Waals surface area contributed by atoms with E-state index in [9.17, 15) is 5.26 Å². The maximum atomic E-state index is 9.56. The quantitative estimate of drug-likeness (QED) is 0.261. The number of ether oxygens (including phenoxy) is 2. The summed E-state index contributed by atoms with van der Waals surface area (Å²) in [6, 6.07) is 13.6. The molecule has 0 atom stereocenters. The second kappa shape index (κ2) is 10.3. The molecule has 0 amide bonds. The fourth-order valence-electron chi connectivity index (χ4n) is 3.06. The molecule has 0 aliphatic rings. The van der Waals surface area contributed by atoms with E-state index in [-0.39, 0.29) is 6.61 Å². The molecule has 1 heterocycles. The summed E-state index contributed by atoms with van der Waals surface area (Å²) in [7, 11) is 0. The van der Waals surface area contributed by atoms with Gasteiger partial charge in [0, 0.05) is 5.41 Å². The standard InChI is InChI=1S/C23H22Cl2N2O3S/c1-23(2,17-10-15(12-26)21(20(25)11-17)28-9-8-24)16-4-6-18(7-5-16)29-14-19-13-27-22(30-19)31-3/h4-7,10-11,13H,8-9,14H2,1-3H3. The third-order valence-corrected chi connectivity index (χ3v) is 5.85. The number of aromatic nitrogens is 1. The lowest BCUT2D eigenvalue weighted by Gasteiger charge is -2.27. The third-order valence-electron chi connectivity index (χ3n) is 4.87. The largest absolute Gasteiger partial charge is 0.489 e. The summed E-state index contributed by atoms with van der Waals surface area (Å²) in [5, 5.41) is 10.6. The van der Waals surface area contributed by atoms with Crippen LogP contribution in [-0.2, 0) is 12.0 Å². The van der Waals surface area contributed by atoms with E-state index >= 15 is 0 Å². The molecule has 0 aliphatic carbocycles. The lowest BCUT2D eigenvalue weighted by molar-refractivity contribution is 0.258. The van der Waals surface area contributed by atoms with Crippen LogP contribution in [0.4, 0.5) is 0 Å². The number of oxazole rings is 1. The zero-order chi connectivity index (χ0) is 22.4. The molecule has 3 rings (SSSR count). The van der Waals surface area contributed by atoms with Gasteiger partial charge in [0.15, 0.2) is 11.5 Å². The minimum Gasteiger partial charge on any atom is -0.489 e. The Labute approximate surface area is 196 Å². The van der Waals surface area contributed by atoms with Gasteiger partial charge in [-0.15, -0.1) is 11.6 Å². The molecule has 31 heavy (non-hydrogen) atoms. The first-order chi connectivity index (χ1) is 14.9. The first-order valence-corrected chi connectivity index (χ1v) is 11.7. The van der Waals surface area contributed by atoms with Gasteiger partial charge in [0.25, 0.3) is 5.22 Å². The van der Waals surface area contributed by atoms with E-state index in [1.165, 1.54) is 11.8 Å². The van der Waals surface area contributed by atoms with Gasteiger partial charge in [0.05, 0.1) is 22.7 Å². The first kappa shape index (κ1) is 23.3. The molecule has 162 valence electrons. The minimum absolute atomic E-state index is 0.285. The number of nitrogens with zero attached hydrogens (tertiary/aromatic N) is 2. The predicted molar refractivity (Wildman–Crippen MR) is 124 cm³/mol. The van der Waals surface area contributed by atoms with Crippen LogP contribution in [0.5, 0.6) is 11.5 Å². The smallest absolute Gasteiger partial charge is 0.255 e.